The highest BCUT2D eigenvalue weighted by molar-refractivity contribution is 14.1. The molecule has 0 unspecified atom stereocenters. The van der Waals surface area contributed by atoms with Crippen LogP contribution in [0.5, 0.6) is 0 Å². The van der Waals surface area contributed by atoms with Crippen molar-refractivity contribution >= 4 is 54.2 Å². The molecular formula is C11H15BrINO3S. The molecule has 1 aromatic carbocycles. The van der Waals surface area contributed by atoms with E-state index in [0.29, 0.717) is 5.69 Å². The van der Waals surface area contributed by atoms with Crippen molar-refractivity contribution in [2.45, 2.75) is 20.0 Å². The maximum Gasteiger partial charge on any atom is 0.235 e. The average molecular weight is 448 g/mol. The largest absolute Gasteiger partial charge is 0.378 e. The van der Waals surface area contributed by atoms with Gasteiger partial charge in [0.05, 0.1) is 18.5 Å². The van der Waals surface area contributed by atoms with Crippen LogP contribution in [0.4, 0.5) is 5.69 Å². The second-order valence-electron chi connectivity index (χ2n) is 3.97. The molecular weight excluding hydrogens is 433 g/mol. The predicted molar refractivity (Wildman–Crippen MR) is 85.4 cm³/mol. The molecule has 0 aliphatic heterocycles. The van der Waals surface area contributed by atoms with E-state index in [1.165, 1.54) is 0 Å². The fourth-order valence-electron chi connectivity index (χ4n) is 1.18. The van der Waals surface area contributed by atoms with E-state index in [0.717, 1.165) is 8.04 Å². The predicted octanol–water partition coefficient (Wildman–Crippen LogP) is 3.22. The molecule has 0 heterocycles. The fourth-order valence-corrected chi connectivity index (χ4v) is 2.80. The van der Waals surface area contributed by atoms with Gasteiger partial charge in [0.25, 0.3) is 0 Å². The third-order valence-corrected chi connectivity index (χ3v) is 5.59. The van der Waals surface area contributed by atoms with Gasteiger partial charge in [0, 0.05) is 13.7 Å². The van der Waals surface area contributed by atoms with E-state index >= 15 is 0 Å². The van der Waals surface area contributed by atoms with E-state index in [-0.39, 0.29) is 18.5 Å². The van der Waals surface area contributed by atoms with Crippen molar-refractivity contribution in [3.8, 4) is 0 Å². The summed E-state index contributed by atoms with van der Waals surface area (Å²) in [6.45, 7) is 3.94. The Hall–Kier alpha value is 0.140. The van der Waals surface area contributed by atoms with Crippen molar-refractivity contribution in [3.63, 3.8) is 0 Å². The van der Waals surface area contributed by atoms with Gasteiger partial charge in [-0.1, -0.05) is 0 Å². The Morgan fingerprint density at radius 1 is 1.44 bits per heavy atom. The fraction of sp³-hybridized carbons (Fsp3) is 0.455. The number of hydrogen-bond acceptors (Lipinski definition) is 3. The summed E-state index contributed by atoms with van der Waals surface area (Å²) in [4.78, 5) is 0. The molecule has 0 saturated carbocycles. The van der Waals surface area contributed by atoms with Crippen molar-refractivity contribution in [2.24, 2.45) is 0 Å². The molecule has 7 heteroatoms. The molecule has 0 aliphatic carbocycles. The number of anilines is 1. The summed E-state index contributed by atoms with van der Waals surface area (Å²) in [5.74, 6) is -0.0468. The highest BCUT2D eigenvalue weighted by Crippen LogP contribution is 2.23. The van der Waals surface area contributed by atoms with Crippen molar-refractivity contribution in [2.75, 3.05) is 17.1 Å². The molecule has 0 radical (unpaired) electrons. The third kappa shape index (κ3) is 5.85. The smallest absolute Gasteiger partial charge is 0.235 e. The van der Waals surface area contributed by atoms with Crippen LogP contribution in [0.25, 0.3) is 0 Å². The van der Waals surface area contributed by atoms with Crippen molar-refractivity contribution < 1.29 is 13.2 Å². The van der Waals surface area contributed by atoms with Crippen molar-refractivity contribution in [3.05, 3.63) is 26.2 Å². The minimum Gasteiger partial charge on any atom is -0.378 e. The summed E-state index contributed by atoms with van der Waals surface area (Å²) >= 11 is 5.52. The average Bonchev–Trinajstić information content (AvgIpc) is 2.22. The van der Waals surface area contributed by atoms with Crippen LogP contribution in [0.2, 0.25) is 0 Å². The zero-order chi connectivity index (χ0) is 13.8. The number of sulfonamides is 1. The Labute approximate surface area is 130 Å². The zero-order valence-electron chi connectivity index (χ0n) is 10.1. The van der Waals surface area contributed by atoms with Gasteiger partial charge >= 0.3 is 0 Å². The minimum absolute atomic E-state index is 0.0349. The first-order valence-corrected chi connectivity index (χ1v) is 8.90. The second kappa shape index (κ2) is 7.06. The second-order valence-corrected chi connectivity index (χ2v) is 7.83. The summed E-state index contributed by atoms with van der Waals surface area (Å²) < 4.78 is 33.2. The molecule has 1 rings (SSSR count). The maximum absolute atomic E-state index is 11.8. The summed E-state index contributed by atoms with van der Waals surface area (Å²) in [6.07, 6.45) is 0.0349. The van der Waals surface area contributed by atoms with E-state index in [1.54, 1.807) is 12.1 Å². The minimum atomic E-state index is -3.36. The molecule has 0 fully saturated rings. The third-order valence-electron chi connectivity index (χ3n) is 2.00. The molecule has 4 nitrogen and oxygen atoms in total. The van der Waals surface area contributed by atoms with E-state index in [4.69, 9.17) is 4.74 Å². The number of hydrogen-bond donors (Lipinski definition) is 1. The number of nitrogens with one attached hydrogen (secondary N) is 1. The van der Waals surface area contributed by atoms with Gasteiger partial charge in [-0.15, -0.1) is 0 Å². The van der Waals surface area contributed by atoms with Gasteiger partial charge < -0.3 is 4.74 Å². The normalized spacial score (nSPS) is 11.8. The summed E-state index contributed by atoms with van der Waals surface area (Å²) in [5.41, 5.74) is 0.548. The molecule has 0 saturated heterocycles. The number of rotatable bonds is 6. The lowest BCUT2D eigenvalue weighted by atomic mass is 10.3. The Balaban J connectivity index is 2.62. The van der Waals surface area contributed by atoms with E-state index in [9.17, 15) is 8.42 Å². The molecule has 1 N–H and O–H groups in total. The maximum atomic E-state index is 11.8. The molecule has 18 heavy (non-hydrogen) atoms. The molecule has 0 amide bonds. The Bertz CT molecular complexity index is 505. The first-order chi connectivity index (χ1) is 8.30. The first-order valence-electron chi connectivity index (χ1n) is 5.37. The lowest BCUT2D eigenvalue weighted by molar-refractivity contribution is 0.0913. The van der Waals surface area contributed by atoms with Crippen LogP contribution in [0, 0.1) is 3.57 Å². The Kier molecular flexibility index (Phi) is 6.36. The Morgan fingerprint density at radius 3 is 2.67 bits per heavy atom. The van der Waals surface area contributed by atoms with Crippen LogP contribution in [0.3, 0.4) is 0 Å². The van der Waals surface area contributed by atoms with Crippen LogP contribution in [0.1, 0.15) is 13.8 Å². The highest BCUT2D eigenvalue weighted by Gasteiger charge is 2.11. The quantitative estimate of drug-likeness (QED) is 0.681. The molecule has 0 aliphatic rings. The summed E-state index contributed by atoms with van der Waals surface area (Å²) in [7, 11) is -3.36. The standard InChI is InChI=1S/C11H15BrINO3S/c1-8(2)17-5-6-18(15,16)14-9-3-4-11(13)10(12)7-9/h3-4,7-8,14H,5-6H2,1-2H3. The van der Waals surface area contributed by atoms with Crippen LogP contribution >= 0.6 is 38.5 Å². The number of benzene rings is 1. The summed E-state index contributed by atoms with van der Waals surface area (Å²) in [5, 5.41) is 0. The van der Waals surface area contributed by atoms with E-state index in [1.807, 2.05) is 19.9 Å². The van der Waals surface area contributed by atoms with Gasteiger partial charge in [-0.05, 0) is 70.6 Å². The van der Waals surface area contributed by atoms with Crippen LogP contribution in [-0.2, 0) is 14.8 Å². The van der Waals surface area contributed by atoms with Crippen LogP contribution in [-0.4, -0.2) is 26.9 Å². The van der Waals surface area contributed by atoms with E-state index in [2.05, 4.69) is 43.2 Å². The SMILES string of the molecule is CC(C)OCCS(=O)(=O)Nc1ccc(I)c(Br)c1. The first kappa shape index (κ1) is 16.2. The zero-order valence-corrected chi connectivity index (χ0v) is 14.7. The lowest BCUT2D eigenvalue weighted by Crippen LogP contribution is -2.21. The van der Waals surface area contributed by atoms with Crippen LogP contribution in [0.15, 0.2) is 22.7 Å². The van der Waals surface area contributed by atoms with E-state index < -0.39 is 10.0 Å². The molecule has 0 spiro atoms. The monoisotopic (exact) mass is 447 g/mol. The van der Waals surface area contributed by atoms with Gasteiger partial charge in [-0.25, -0.2) is 8.42 Å². The van der Waals surface area contributed by atoms with Gasteiger partial charge in [-0.3, -0.25) is 4.72 Å². The van der Waals surface area contributed by atoms with Crippen molar-refractivity contribution in [1.29, 1.82) is 0 Å². The van der Waals surface area contributed by atoms with Gasteiger partial charge in [-0.2, -0.15) is 0 Å². The van der Waals surface area contributed by atoms with Gasteiger partial charge in [0.15, 0.2) is 0 Å². The lowest BCUT2D eigenvalue weighted by Gasteiger charge is -2.10. The van der Waals surface area contributed by atoms with Crippen molar-refractivity contribution in [1.82, 2.24) is 0 Å². The van der Waals surface area contributed by atoms with Gasteiger partial charge in [0.1, 0.15) is 0 Å². The molecule has 0 atom stereocenters. The topological polar surface area (TPSA) is 55.4 Å². The number of halogens is 2. The highest BCUT2D eigenvalue weighted by atomic mass is 127. The van der Waals surface area contributed by atoms with Crippen LogP contribution < -0.4 is 4.72 Å². The van der Waals surface area contributed by atoms with Gasteiger partial charge in [0.2, 0.25) is 10.0 Å². The summed E-state index contributed by atoms with van der Waals surface area (Å²) in [6, 6.07) is 5.31. The molecule has 0 aromatic heterocycles. The molecule has 1 aromatic rings. The Morgan fingerprint density at radius 2 is 2.11 bits per heavy atom. The number of ether oxygens (including phenoxy) is 1. The molecule has 0 bridgehead atoms. The molecule has 102 valence electrons.